The van der Waals surface area contributed by atoms with Crippen LogP contribution in [0.5, 0.6) is 5.75 Å². The summed E-state index contributed by atoms with van der Waals surface area (Å²) in [5, 5.41) is 0. The van der Waals surface area contributed by atoms with E-state index in [4.69, 9.17) is 9.26 Å². The Bertz CT molecular complexity index is 337. The number of rotatable bonds is 7. The van der Waals surface area contributed by atoms with E-state index >= 15 is 0 Å². The molecule has 0 saturated heterocycles. The monoisotopic (exact) mass is 256 g/mol. The molecule has 0 spiro atoms. The van der Waals surface area contributed by atoms with E-state index in [1.54, 1.807) is 0 Å². The number of methoxy groups -OCH3 is 1. The number of carbonyl (C=O) groups is 1. The molecule has 0 aliphatic rings. The van der Waals surface area contributed by atoms with Gasteiger partial charge < -0.3 is 14.0 Å². The third-order valence-corrected chi connectivity index (χ3v) is 2.47. The Morgan fingerprint density at radius 3 is 2.59 bits per heavy atom. The summed E-state index contributed by atoms with van der Waals surface area (Å²) in [6, 6.07) is 7.66. The molecule has 1 unspecified atom stereocenters. The molecule has 17 heavy (non-hydrogen) atoms. The second-order valence-electron chi connectivity index (χ2n) is 3.48. The predicted octanol–water partition coefficient (Wildman–Crippen LogP) is 1.98. The summed E-state index contributed by atoms with van der Waals surface area (Å²) >= 11 is 0. The standard InChI is InChI=1S/C12H17O4P/c1-14-12(13)9-15-11-6-4-10(5-7-11)3-2-8-16-17/h4-7H,2-3,8-9,17H2,1H3. The minimum absolute atomic E-state index is 0.0588. The summed E-state index contributed by atoms with van der Waals surface area (Å²) in [7, 11) is 3.57. The fourth-order valence-electron chi connectivity index (χ4n) is 1.31. The van der Waals surface area contributed by atoms with Crippen molar-refractivity contribution in [1.82, 2.24) is 0 Å². The Labute approximate surface area is 104 Å². The molecule has 0 saturated carbocycles. The number of hydrogen-bond donors (Lipinski definition) is 0. The Morgan fingerprint density at radius 2 is 2.00 bits per heavy atom. The molecule has 0 bridgehead atoms. The SMILES string of the molecule is COC(=O)COc1ccc(CCCOP)cc1. The van der Waals surface area contributed by atoms with Crippen LogP contribution in [0, 0.1) is 0 Å². The van der Waals surface area contributed by atoms with Crippen LogP contribution >= 0.6 is 9.47 Å². The van der Waals surface area contributed by atoms with Crippen molar-refractivity contribution in [1.29, 1.82) is 0 Å². The van der Waals surface area contributed by atoms with Crippen LogP contribution in [0.15, 0.2) is 24.3 Å². The molecule has 0 radical (unpaired) electrons. The molecule has 0 amide bonds. The first-order valence-corrected chi connectivity index (χ1v) is 5.83. The van der Waals surface area contributed by atoms with Crippen LogP contribution in [-0.4, -0.2) is 26.3 Å². The van der Waals surface area contributed by atoms with Crippen LogP contribution in [0.25, 0.3) is 0 Å². The topological polar surface area (TPSA) is 44.8 Å². The molecule has 1 rings (SSSR count). The van der Waals surface area contributed by atoms with Crippen molar-refractivity contribution >= 4 is 15.4 Å². The molecule has 0 aliphatic carbocycles. The van der Waals surface area contributed by atoms with Crippen LogP contribution in [0.1, 0.15) is 12.0 Å². The first-order valence-electron chi connectivity index (χ1n) is 5.36. The van der Waals surface area contributed by atoms with Gasteiger partial charge in [0.25, 0.3) is 0 Å². The lowest BCUT2D eigenvalue weighted by Gasteiger charge is -2.06. The van der Waals surface area contributed by atoms with Crippen molar-refractivity contribution in [2.24, 2.45) is 0 Å². The van der Waals surface area contributed by atoms with Gasteiger partial charge in [-0.25, -0.2) is 4.79 Å². The van der Waals surface area contributed by atoms with E-state index < -0.39 is 0 Å². The van der Waals surface area contributed by atoms with Gasteiger partial charge in [0.2, 0.25) is 0 Å². The second-order valence-corrected chi connectivity index (χ2v) is 3.82. The average Bonchev–Trinajstić information content (AvgIpc) is 2.37. The highest BCUT2D eigenvalue weighted by Gasteiger charge is 2.01. The van der Waals surface area contributed by atoms with E-state index in [0.717, 1.165) is 19.4 Å². The van der Waals surface area contributed by atoms with Crippen molar-refractivity contribution < 1.29 is 18.8 Å². The molecule has 5 heteroatoms. The molecular formula is C12H17O4P. The average molecular weight is 256 g/mol. The first kappa shape index (κ1) is 13.9. The molecule has 0 N–H and O–H groups in total. The summed E-state index contributed by atoms with van der Waals surface area (Å²) in [5.41, 5.74) is 1.22. The smallest absolute Gasteiger partial charge is 0.343 e. The Kier molecular flexibility index (Phi) is 6.60. The summed E-state index contributed by atoms with van der Waals surface area (Å²) in [6.45, 7) is 0.669. The van der Waals surface area contributed by atoms with Crippen LogP contribution in [-0.2, 0) is 20.5 Å². The first-order chi connectivity index (χ1) is 8.26. The summed E-state index contributed by atoms with van der Waals surface area (Å²) in [5.74, 6) is 0.285. The minimum Gasteiger partial charge on any atom is -0.482 e. The largest absolute Gasteiger partial charge is 0.482 e. The number of hydrogen-bond acceptors (Lipinski definition) is 4. The van der Waals surface area contributed by atoms with E-state index in [-0.39, 0.29) is 12.6 Å². The van der Waals surface area contributed by atoms with Crippen LogP contribution < -0.4 is 4.74 Å². The zero-order valence-corrected chi connectivity index (χ0v) is 11.0. The normalized spacial score (nSPS) is 10.0. The molecular weight excluding hydrogens is 239 g/mol. The predicted molar refractivity (Wildman–Crippen MR) is 67.9 cm³/mol. The summed E-state index contributed by atoms with van der Waals surface area (Å²) in [4.78, 5) is 10.9. The van der Waals surface area contributed by atoms with E-state index in [1.165, 1.54) is 12.7 Å². The second kappa shape index (κ2) is 8.04. The summed E-state index contributed by atoms with van der Waals surface area (Å²) in [6.07, 6.45) is 1.94. The minimum atomic E-state index is -0.383. The molecule has 94 valence electrons. The highest BCUT2D eigenvalue weighted by atomic mass is 31.0. The lowest BCUT2D eigenvalue weighted by molar-refractivity contribution is -0.142. The number of benzene rings is 1. The Hall–Kier alpha value is -1.12. The molecule has 0 fully saturated rings. The summed E-state index contributed by atoms with van der Waals surface area (Å²) < 4.78 is 14.6. The quantitative estimate of drug-likeness (QED) is 0.425. The maximum Gasteiger partial charge on any atom is 0.343 e. The van der Waals surface area contributed by atoms with Crippen LogP contribution in [0.3, 0.4) is 0 Å². The zero-order chi connectivity index (χ0) is 12.5. The number of aryl methyl sites for hydroxylation is 1. The highest BCUT2D eigenvalue weighted by Crippen LogP contribution is 2.13. The van der Waals surface area contributed by atoms with Crippen molar-refractivity contribution in [3.8, 4) is 5.75 Å². The third kappa shape index (κ3) is 5.66. The number of esters is 1. The number of carbonyl (C=O) groups excluding carboxylic acids is 1. The highest BCUT2D eigenvalue weighted by molar-refractivity contribution is 7.09. The van der Waals surface area contributed by atoms with Crippen LogP contribution in [0.4, 0.5) is 0 Å². The van der Waals surface area contributed by atoms with Gasteiger partial charge in [-0.3, -0.25) is 0 Å². The van der Waals surface area contributed by atoms with E-state index in [9.17, 15) is 4.79 Å². The van der Waals surface area contributed by atoms with Gasteiger partial charge >= 0.3 is 5.97 Å². The molecule has 1 aromatic carbocycles. The molecule has 1 aromatic rings. The fraction of sp³-hybridized carbons (Fsp3) is 0.417. The van der Waals surface area contributed by atoms with Crippen molar-refractivity contribution in [3.63, 3.8) is 0 Å². The van der Waals surface area contributed by atoms with Gasteiger partial charge in [-0.1, -0.05) is 12.1 Å². The fourth-order valence-corrected chi connectivity index (χ4v) is 1.48. The Morgan fingerprint density at radius 1 is 1.29 bits per heavy atom. The van der Waals surface area contributed by atoms with Gasteiger partial charge in [0, 0.05) is 9.47 Å². The van der Waals surface area contributed by atoms with Crippen LogP contribution in [0.2, 0.25) is 0 Å². The van der Waals surface area contributed by atoms with Crippen molar-refractivity contribution in [3.05, 3.63) is 29.8 Å². The van der Waals surface area contributed by atoms with Crippen molar-refractivity contribution in [2.45, 2.75) is 12.8 Å². The van der Waals surface area contributed by atoms with Gasteiger partial charge in [0.15, 0.2) is 6.61 Å². The lowest BCUT2D eigenvalue weighted by Crippen LogP contribution is -2.12. The molecule has 4 nitrogen and oxygen atoms in total. The number of ether oxygens (including phenoxy) is 2. The van der Waals surface area contributed by atoms with E-state index in [0.29, 0.717) is 5.75 Å². The van der Waals surface area contributed by atoms with Gasteiger partial charge in [-0.15, -0.1) is 0 Å². The maximum absolute atomic E-state index is 10.9. The molecule has 0 aliphatic heterocycles. The van der Waals surface area contributed by atoms with Gasteiger partial charge in [-0.2, -0.15) is 0 Å². The molecule has 1 atom stereocenters. The Balaban J connectivity index is 2.36. The van der Waals surface area contributed by atoms with E-state index in [2.05, 4.69) is 14.2 Å². The van der Waals surface area contributed by atoms with Gasteiger partial charge in [0.05, 0.1) is 13.7 Å². The lowest BCUT2D eigenvalue weighted by atomic mass is 10.1. The van der Waals surface area contributed by atoms with Gasteiger partial charge in [0.1, 0.15) is 5.75 Å². The van der Waals surface area contributed by atoms with E-state index in [1.807, 2.05) is 24.3 Å². The van der Waals surface area contributed by atoms with Crippen molar-refractivity contribution in [2.75, 3.05) is 20.3 Å². The zero-order valence-electron chi connectivity index (χ0n) is 9.85. The third-order valence-electron chi connectivity index (χ3n) is 2.24. The molecule has 0 aromatic heterocycles. The maximum atomic E-state index is 10.9. The molecule has 0 heterocycles. The van der Waals surface area contributed by atoms with Gasteiger partial charge in [-0.05, 0) is 30.5 Å².